The van der Waals surface area contributed by atoms with Gasteiger partial charge in [0, 0.05) is 17.9 Å². The van der Waals surface area contributed by atoms with Gasteiger partial charge in [-0.2, -0.15) is 0 Å². The highest BCUT2D eigenvalue weighted by Gasteiger charge is 2.17. The second-order valence-corrected chi connectivity index (χ2v) is 5.30. The van der Waals surface area contributed by atoms with Gasteiger partial charge in [0.05, 0.1) is 5.56 Å². The highest BCUT2D eigenvalue weighted by molar-refractivity contribution is 5.99. The number of hydrogen-bond donors (Lipinski definition) is 3. The summed E-state index contributed by atoms with van der Waals surface area (Å²) in [5, 5.41) is 3.33. The summed E-state index contributed by atoms with van der Waals surface area (Å²) in [6.45, 7) is 3.14. The largest absolute Gasteiger partial charge is 0.399 e. The number of carbonyl (C=O) groups excluding carboxylic acids is 1. The standard InChI is InChI=1S/C14H22N4O/c1-18-6-4-10(5-7-18)9-17-13-3-2-11(15)8-12(13)14(16)19/h2-3,8,10,17H,4-7,9,15H2,1H3,(H2,16,19). The van der Waals surface area contributed by atoms with E-state index in [9.17, 15) is 4.79 Å². The van der Waals surface area contributed by atoms with Gasteiger partial charge in [0.25, 0.3) is 5.91 Å². The summed E-state index contributed by atoms with van der Waals surface area (Å²) >= 11 is 0. The Morgan fingerprint density at radius 1 is 1.42 bits per heavy atom. The lowest BCUT2D eigenvalue weighted by molar-refractivity contribution is 0.100. The van der Waals surface area contributed by atoms with Gasteiger partial charge in [0.2, 0.25) is 0 Å². The third kappa shape index (κ3) is 3.61. The summed E-state index contributed by atoms with van der Waals surface area (Å²) in [5.74, 6) is 0.202. The summed E-state index contributed by atoms with van der Waals surface area (Å²) in [7, 11) is 2.15. The van der Waals surface area contributed by atoms with Gasteiger partial charge in [0.1, 0.15) is 0 Å². The first kappa shape index (κ1) is 13.7. The van der Waals surface area contributed by atoms with Crippen molar-refractivity contribution in [1.82, 2.24) is 4.90 Å². The molecule has 0 aromatic heterocycles. The van der Waals surface area contributed by atoms with Gasteiger partial charge in [-0.3, -0.25) is 4.79 Å². The quantitative estimate of drug-likeness (QED) is 0.710. The Labute approximate surface area is 113 Å². The van der Waals surface area contributed by atoms with Crippen LogP contribution in [0.15, 0.2) is 18.2 Å². The van der Waals surface area contributed by atoms with Crippen LogP contribution in [0.4, 0.5) is 11.4 Å². The molecule has 0 saturated carbocycles. The Hall–Kier alpha value is -1.75. The maximum Gasteiger partial charge on any atom is 0.250 e. The van der Waals surface area contributed by atoms with Crippen LogP contribution in [0.3, 0.4) is 0 Å². The Morgan fingerprint density at radius 2 is 2.11 bits per heavy atom. The molecule has 0 aliphatic carbocycles. The highest BCUT2D eigenvalue weighted by atomic mass is 16.1. The molecule has 5 nitrogen and oxygen atoms in total. The molecular weight excluding hydrogens is 240 g/mol. The Bertz CT molecular complexity index is 453. The van der Waals surface area contributed by atoms with E-state index < -0.39 is 5.91 Å². The lowest BCUT2D eigenvalue weighted by Gasteiger charge is -2.29. The first-order chi connectivity index (χ1) is 9.06. The van der Waals surface area contributed by atoms with Crippen molar-refractivity contribution >= 4 is 17.3 Å². The number of nitrogens with two attached hydrogens (primary N) is 2. The Kier molecular flexibility index (Phi) is 4.27. The van der Waals surface area contributed by atoms with Gasteiger partial charge in [-0.15, -0.1) is 0 Å². The number of piperidine rings is 1. The van der Waals surface area contributed by atoms with Crippen LogP contribution in [0.5, 0.6) is 0 Å². The van der Waals surface area contributed by atoms with E-state index in [-0.39, 0.29) is 0 Å². The number of benzene rings is 1. The minimum absolute atomic E-state index is 0.446. The number of amides is 1. The molecule has 1 heterocycles. The number of hydrogen-bond acceptors (Lipinski definition) is 4. The number of carbonyl (C=O) groups is 1. The lowest BCUT2D eigenvalue weighted by atomic mass is 9.97. The highest BCUT2D eigenvalue weighted by Crippen LogP contribution is 2.21. The fourth-order valence-electron chi connectivity index (χ4n) is 2.44. The summed E-state index contributed by atoms with van der Waals surface area (Å²) in [6.07, 6.45) is 2.37. The maximum atomic E-state index is 11.4. The number of likely N-dealkylation sites (tertiary alicyclic amines) is 1. The van der Waals surface area contributed by atoms with E-state index in [1.54, 1.807) is 12.1 Å². The molecule has 0 bridgehead atoms. The van der Waals surface area contributed by atoms with Crippen molar-refractivity contribution in [1.29, 1.82) is 0 Å². The average Bonchev–Trinajstić information content (AvgIpc) is 2.39. The Morgan fingerprint density at radius 3 is 2.74 bits per heavy atom. The second-order valence-electron chi connectivity index (χ2n) is 5.30. The SMILES string of the molecule is CN1CCC(CNc2ccc(N)cc2C(N)=O)CC1. The van der Waals surface area contributed by atoms with Crippen LogP contribution in [0.2, 0.25) is 0 Å². The monoisotopic (exact) mass is 262 g/mol. The molecule has 5 N–H and O–H groups in total. The second kappa shape index (κ2) is 5.93. The van der Waals surface area contributed by atoms with Crippen LogP contribution >= 0.6 is 0 Å². The molecule has 1 aromatic rings. The van der Waals surface area contributed by atoms with Gasteiger partial charge in [-0.25, -0.2) is 0 Å². The predicted octanol–water partition coefficient (Wildman–Crippen LogP) is 1.12. The molecular formula is C14H22N4O. The molecule has 1 aliphatic rings. The molecule has 1 aromatic carbocycles. The number of nitrogens with zero attached hydrogens (tertiary/aromatic N) is 1. The minimum Gasteiger partial charge on any atom is -0.399 e. The predicted molar refractivity (Wildman–Crippen MR) is 78.1 cm³/mol. The molecule has 0 spiro atoms. The van der Waals surface area contributed by atoms with Crippen LogP contribution in [0.25, 0.3) is 0 Å². The molecule has 0 radical (unpaired) electrons. The minimum atomic E-state index is -0.446. The van der Waals surface area contributed by atoms with Gasteiger partial charge >= 0.3 is 0 Å². The van der Waals surface area contributed by atoms with Crippen molar-refractivity contribution in [2.75, 3.05) is 37.7 Å². The van der Waals surface area contributed by atoms with Crippen molar-refractivity contribution in [2.45, 2.75) is 12.8 Å². The van der Waals surface area contributed by atoms with Crippen LogP contribution in [-0.2, 0) is 0 Å². The van der Waals surface area contributed by atoms with E-state index in [1.807, 2.05) is 6.07 Å². The summed E-state index contributed by atoms with van der Waals surface area (Å²) < 4.78 is 0. The van der Waals surface area contributed by atoms with Crippen molar-refractivity contribution in [3.05, 3.63) is 23.8 Å². The van der Waals surface area contributed by atoms with Crippen LogP contribution in [0, 0.1) is 5.92 Å². The van der Waals surface area contributed by atoms with Crippen molar-refractivity contribution < 1.29 is 4.79 Å². The summed E-state index contributed by atoms with van der Waals surface area (Å²) in [4.78, 5) is 13.7. The van der Waals surface area contributed by atoms with E-state index in [1.165, 1.54) is 12.8 Å². The molecule has 2 rings (SSSR count). The molecule has 0 unspecified atom stereocenters. The fraction of sp³-hybridized carbons (Fsp3) is 0.500. The van der Waals surface area contributed by atoms with Crippen LogP contribution in [0.1, 0.15) is 23.2 Å². The zero-order valence-electron chi connectivity index (χ0n) is 11.4. The zero-order valence-corrected chi connectivity index (χ0v) is 11.4. The van der Waals surface area contributed by atoms with Gasteiger partial charge in [-0.05, 0) is 57.1 Å². The third-order valence-electron chi connectivity index (χ3n) is 3.73. The molecule has 5 heteroatoms. The number of primary amides is 1. The van der Waals surface area contributed by atoms with Gasteiger partial charge in [-0.1, -0.05) is 0 Å². The van der Waals surface area contributed by atoms with Crippen molar-refractivity contribution in [3.8, 4) is 0 Å². The average molecular weight is 262 g/mol. The topological polar surface area (TPSA) is 84.4 Å². The third-order valence-corrected chi connectivity index (χ3v) is 3.73. The van der Waals surface area contributed by atoms with E-state index in [4.69, 9.17) is 11.5 Å². The maximum absolute atomic E-state index is 11.4. The molecule has 1 fully saturated rings. The molecule has 104 valence electrons. The first-order valence-corrected chi connectivity index (χ1v) is 6.68. The van der Waals surface area contributed by atoms with E-state index in [0.29, 0.717) is 17.2 Å². The number of anilines is 2. The molecule has 1 saturated heterocycles. The summed E-state index contributed by atoms with van der Waals surface area (Å²) in [5.41, 5.74) is 12.8. The number of rotatable bonds is 4. The smallest absolute Gasteiger partial charge is 0.250 e. The lowest BCUT2D eigenvalue weighted by Crippen LogP contribution is -2.33. The zero-order chi connectivity index (χ0) is 13.8. The van der Waals surface area contributed by atoms with Crippen molar-refractivity contribution in [2.24, 2.45) is 11.7 Å². The molecule has 0 atom stereocenters. The van der Waals surface area contributed by atoms with E-state index in [0.717, 1.165) is 25.3 Å². The fourth-order valence-corrected chi connectivity index (χ4v) is 2.44. The van der Waals surface area contributed by atoms with Gasteiger partial charge in [0.15, 0.2) is 0 Å². The first-order valence-electron chi connectivity index (χ1n) is 6.68. The Balaban J connectivity index is 1.97. The normalized spacial score (nSPS) is 17.3. The number of nitrogen functional groups attached to an aromatic ring is 1. The van der Waals surface area contributed by atoms with Crippen molar-refractivity contribution in [3.63, 3.8) is 0 Å². The van der Waals surface area contributed by atoms with Crippen LogP contribution in [-0.4, -0.2) is 37.5 Å². The number of nitrogens with one attached hydrogen (secondary N) is 1. The van der Waals surface area contributed by atoms with E-state index >= 15 is 0 Å². The summed E-state index contributed by atoms with van der Waals surface area (Å²) in [6, 6.07) is 5.23. The molecule has 19 heavy (non-hydrogen) atoms. The van der Waals surface area contributed by atoms with Gasteiger partial charge < -0.3 is 21.7 Å². The molecule has 1 amide bonds. The van der Waals surface area contributed by atoms with E-state index in [2.05, 4.69) is 17.3 Å². The molecule has 1 aliphatic heterocycles. The van der Waals surface area contributed by atoms with Crippen LogP contribution < -0.4 is 16.8 Å².